The second-order valence-electron chi connectivity index (χ2n) is 6.14. The zero-order valence-electron chi connectivity index (χ0n) is 13.0. The van der Waals surface area contributed by atoms with Crippen molar-refractivity contribution in [2.24, 2.45) is 0 Å². The molecule has 0 unspecified atom stereocenters. The Morgan fingerprint density at radius 3 is 2.83 bits per heavy atom. The molecule has 2 heterocycles. The number of carbonyl (C=O) groups is 3. The Balaban J connectivity index is 1.42. The van der Waals surface area contributed by atoms with E-state index in [-0.39, 0.29) is 30.8 Å². The van der Waals surface area contributed by atoms with Gasteiger partial charge < -0.3 is 15.1 Å². The molecule has 0 bridgehead atoms. The summed E-state index contributed by atoms with van der Waals surface area (Å²) >= 11 is 0. The third-order valence-electron chi connectivity index (χ3n) is 4.53. The molecule has 1 spiro atoms. The van der Waals surface area contributed by atoms with Gasteiger partial charge in [-0.25, -0.2) is 4.79 Å². The monoisotopic (exact) mass is 319 g/mol. The van der Waals surface area contributed by atoms with Crippen molar-refractivity contribution in [1.29, 1.82) is 0 Å². The van der Waals surface area contributed by atoms with Crippen LogP contribution in [-0.2, 0) is 16.1 Å². The van der Waals surface area contributed by atoms with Gasteiger partial charge in [-0.05, 0) is 31.4 Å². The summed E-state index contributed by atoms with van der Waals surface area (Å²) in [5.74, 6) is 0.440. The SMILES string of the molecule is O=C(CCCN1C(=O)NC2(CCCC2)C1=O)NCc1ccco1. The van der Waals surface area contributed by atoms with Crippen molar-refractivity contribution in [2.75, 3.05) is 6.54 Å². The average molecular weight is 319 g/mol. The van der Waals surface area contributed by atoms with Gasteiger partial charge in [-0.2, -0.15) is 0 Å². The van der Waals surface area contributed by atoms with Crippen molar-refractivity contribution < 1.29 is 18.8 Å². The first-order valence-corrected chi connectivity index (χ1v) is 8.04. The summed E-state index contributed by atoms with van der Waals surface area (Å²) in [6, 6.07) is 3.22. The Labute approximate surface area is 134 Å². The number of nitrogens with zero attached hydrogens (tertiary/aromatic N) is 1. The molecule has 1 aromatic rings. The molecule has 2 N–H and O–H groups in total. The summed E-state index contributed by atoms with van der Waals surface area (Å²) in [7, 11) is 0. The zero-order chi connectivity index (χ0) is 16.3. The molecule has 0 atom stereocenters. The van der Waals surface area contributed by atoms with Gasteiger partial charge in [-0.3, -0.25) is 14.5 Å². The number of nitrogens with one attached hydrogen (secondary N) is 2. The molecule has 0 aromatic carbocycles. The van der Waals surface area contributed by atoms with E-state index in [2.05, 4.69) is 10.6 Å². The topological polar surface area (TPSA) is 91.7 Å². The van der Waals surface area contributed by atoms with Crippen LogP contribution < -0.4 is 10.6 Å². The molecule has 2 aliphatic rings. The van der Waals surface area contributed by atoms with Gasteiger partial charge in [0, 0.05) is 13.0 Å². The van der Waals surface area contributed by atoms with E-state index in [0.717, 1.165) is 25.7 Å². The molecule has 0 radical (unpaired) electrons. The molecular formula is C16H21N3O4. The highest BCUT2D eigenvalue weighted by atomic mass is 16.3. The Bertz CT molecular complexity index is 590. The van der Waals surface area contributed by atoms with E-state index in [1.54, 1.807) is 18.4 Å². The minimum absolute atomic E-state index is 0.121. The third-order valence-corrected chi connectivity index (χ3v) is 4.53. The number of urea groups is 1. The van der Waals surface area contributed by atoms with E-state index in [0.29, 0.717) is 18.7 Å². The van der Waals surface area contributed by atoms with Crippen molar-refractivity contribution in [2.45, 2.75) is 50.6 Å². The molecule has 1 aliphatic carbocycles. The van der Waals surface area contributed by atoms with Crippen LogP contribution in [0, 0.1) is 0 Å². The van der Waals surface area contributed by atoms with Crippen LogP contribution in [0.4, 0.5) is 4.79 Å². The number of furan rings is 1. The van der Waals surface area contributed by atoms with Crippen LogP contribution in [0.1, 0.15) is 44.3 Å². The fourth-order valence-electron chi connectivity index (χ4n) is 3.28. The van der Waals surface area contributed by atoms with E-state index < -0.39 is 5.54 Å². The van der Waals surface area contributed by atoms with Crippen LogP contribution in [0.3, 0.4) is 0 Å². The van der Waals surface area contributed by atoms with Crippen molar-refractivity contribution in [3.63, 3.8) is 0 Å². The molecule has 2 fully saturated rings. The molecule has 4 amide bonds. The van der Waals surface area contributed by atoms with Gasteiger partial charge in [-0.15, -0.1) is 0 Å². The zero-order valence-corrected chi connectivity index (χ0v) is 13.0. The normalized spacial score (nSPS) is 19.4. The van der Waals surface area contributed by atoms with Gasteiger partial charge in [0.25, 0.3) is 5.91 Å². The number of carbonyl (C=O) groups excluding carboxylic acids is 3. The lowest BCUT2D eigenvalue weighted by atomic mass is 9.98. The molecular weight excluding hydrogens is 298 g/mol. The number of amides is 4. The van der Waals surface area contributed by atoms with Gasteiger partial charge >= 0.3 is 6.03 Å². The number of imide groups is 1. The molecule has 124 valence electrons. The van der Waals surface area contributed by atoms with Crippen molar-refractivity contribution >= 4 is 17.8 Å². The number of rotatable bonds is 6. The maximum atomic E-state index is 12.4. The predicted molar refractivity (Wildman–Crippen MR) is 81.2 cm³/mol. The predicted octanol–water partition coefficient (Wildman–Crippen LogP) is 1.54. The summed E-state index contributed by atoms with van der Waals surface area (Å²) < 4.78 is 5.13. The minimum atomic E-state index is -0.668. The van der Waals surface area contributed by atoms with Gasteiger partial charge in [0.1, 0.15) is 11.3 Å². The van der Waals surface area contributed by atoms with Gasteiger partial charge in [0.2, 0.25) is 5.91 Å². The van der Waals surface area contributed by atoms with Gasteiger partial charge in [0.15, 0.2) is 0 Å². The number of hydrogen-bond acceptors (Lipinski definition) is 4. The van der Waals surface area contributed by atoms with Crippen LogP contribution in [-0.4, -0.2) is 34.8 Å². The van der Waals surface area contributed by atoms with Crippen LogP contribution in [0.2, 0.25) is 0 Å². The number of hydrogen-bond donors (Lipinski definition) is 2. The highest BCUT2D eigenvalue weighted by Gasteiger charge is 2.51. The van der Waals surface area contributed by atoms with Crippen LogP contribution in [0.5, 0.6) is 0 Å². The van der Waals surface area contributed by atoms with E-state index in [1.807, 2.05) is 0 Å². The maximum Gasteiger partial charge on any atom is 0.325 e. The molecule has 3 rings (SSSR count). The van der Waals surface area contributed by atoms with Crippen LogP contribution in [0.15, 0.2) is 22.8 Å². The molecule has 1 aromatic heterocycles. The lowest BCUT2D eigenvalue weighted by molar-refractivity contribution is -0.131. The van der Waals surface area contributed by atoms with E-state index in [1.165, 1.54) is 4.90 Å². The molecule has 7 nitrogen and oxygen atoms in total. The summed E-state index contributed by atoms with van der Waals surface area (Å²) in [5.41, 5.74) is -0.668. The lowest BCUT2D eigenvalue weighted by Gasteiger charge is -2.19. The summed E-state index contributed by atoms with van der Waals surface area (Å²) in [5, 5.41) is 5.58. The average Bonchev–Trinajstić information content (AvgIpc) is 3.24. The first kappa shape index (κ1) is 15.6. The second-order valence-corrected chi connectivity index (χ2v) is 6.14. The van der Waals surface area contributed by atoms with E-state index >= 15 is 0 Å². The summed E-state index contributed by atoms with van der Waals surface area (Å²) in [6.45, 7) is 0.624. The standard InChI is InChI=1S/C16H21N3O4/c20-13(17-11-12-5-4-10-23-12)6-3-9-19-14(21)16(18-15(19)22)7-1-2-8-16/h4-5,10H,1-3,6-9,11H2,(H,17,20)(H,18,22). The Morgan fingerprint density at radius 2 is 2.13 bits per heavy atom. The first-order chi connectivity index (χ1) is 11.1. The fraction of sp³-hybridized carbons (Fsp3) is 0.562. The van der Waals surface area contributed by atoms with Crippen LogP contribution in [0.25, 0.3) is 0 Å². The maximum absolute atomic E-state index is 12.4. The molecule has 7 heteroatoms. The van der Waals surface area contributed by atoms with E-state index in [4.69, 9.17) is 4.42 Å². The third kappa shape index (κ3) is 3.23. The lowest BCUT2D eigenvalue weighted by Crippen LogP contribution is -2.44. The van der Waals surface area contributed by atoms with Gasteiger partial charge in [0.05, 0.1) is 12.8 Å². The highest BCUT2D eigenvalue weighted by Crippen LogP contribution is 2.35. The minimum Gasteiger partial charge on any atom is -0.467 e. The first-order valence-electron chi connectivity index (χ1n) is 8.04. The summed E-state index contributed by atoms with van der Waals surface area (Å²) in [6.07, 6.45) is 5.65. The quantitative estimate of drug-likeness (QED) is 0.778. The van der Waals surface area contributed by atoms with Crippen molar-refractivity contribution in [3.8, 4) is 0 Å². The Kier molecular flexibility index (Phi) is 4.36. The van der Waals surface area contributed by atoms with Crippen LogP contribution >= 0.6 is 0 Å². The van der Waals surface area contributed by atoms with E-state index in [9.17, 15) is 14.4 Å². The van der Waals surface area contributed by atoms with Crippen molar-refractivity contribution in [3.05, 3.63) is 24.2 Å². The Morgan fingerprint density at radius 1 is 1.35 bits per heavy atom. The largest absolute Gasteiger partial charge is 0.467 e. The van der Waals surface area contributed by atoms with Gasteiger partial charge in [-0.1, -0.05) is 12.8 Å². The van der Waals surface area contributed by atoms with Crippen molar-refractivity contribution in [1.82, 2.24) is 15.5 Å². The molecule has 23 heavy (non-hydrogen) atoms. The fourth-order valence-corrected chi connectivity index (χ4v) is 3.28. The molecule has 1 aliphatic heterocycles. The molecule has 1 saturated carbocycles. The Hall–Kier alpha value is -2.31. The molecule has 1 saturated heterocycles. The highest BCUT2D eigenvalue weighted by molar-refractivity contribution is 6.07. The summed E-state index contributed by atoms with van der Waals surface area (Å²) in [4.78, 5) is 37.4. The second kappa shape index (κ2) is 6.44. The smallest absolute Gasteiger partial charge is 0.325 e.